The summed E-state index contributed by atoms with van der Waals surface area (Å²) in [5.74, 6) is -1.61. The van der Waals surface area contributed by atoms with Gasteiger partial charge in [0.05, 0.1) is 5.69 Å². The fraction of sp³-hybridized carbons (Fsp3) is 0.300. The highest BCUT2D eigenvalue weighted by Gasteiger charge is 2.24. The van der Waals surface area contributed by atoms with Crippen molar-refractivity contribution >= 4 is 29.3 Å². The number of nitrogens with zero attached hydrogens (tertiary/aromatic N) is 1. The molecule has 0 N–H and O–H groups in total. The number of carbonyl (C=O) groups is 2. The van der Waals surface area contributed by atoms with Crippen molar-refractivity contribution < 1.29 is 23.5 Å². The summed E-state index contributed by atoms with van der Waals surface area (Å²) in [7, 11) is 0. The van der Waals surface area contributed by atoms with Crippen LogP contribution >= 0.6 is 11.8 Å². The van der Waals surface area contributed by atoms with Gasteiger partial charge >= 0.3 is 5.97 Å². The number of halogens is 1. The van der Waals surface area contributed by atoms with Crippen molar-refractivity contribution in [3.05, 3.63) is 54.3 Å². The summed E-state index contributed by atoms with van der Waals surface area (Å²) < 4.78 is 23.6. The molecule has 2 aromatic rings. The Morgan fingerprint density at radius 1 is 1.15 bits per heavy atom. The Labute approximate surface area is 161 Å². The molecular weight excluding hydrogens is 369 g/mol. The third-order valence-corrected chi connectivity index (χ3v) is 5.32. The van der Waals surface area contributed by atoms with E-state index in [1.54, 1.807) is 22.7 Å². The highest BCUT2D eigenvalue weighted by atomic mass is 32.2. The fourth-order valence-corrected chi connectivity index (χ4v) is 3.82. The van der Waals surface area contributed by atoms with Crippen molar-refractivity contribution in [3.8, 4) is 5.75 Å². The molecule has 0 radical (unpaired) electrons. The van der Waals surface area contributed by atoms with Crippen molar-refractivity contribution in [1.29, 1.82) is 0 Å². The highest BCUT2D eigenvalue weighted by Crippen LogP contribution is 2.37. The van der Waals surface area contributed by atoms with E-state index in [9.17, 15) is 14.0 Å². The summed E-state index contributed by atoms with van der Waals surface area (Å²) in [6.45, 7) is 1.84. The molecule has 1 amide bonds. The Morgan fingerprint density at radius 2 is 1.89 bits per heavy atom. The average Bonchev–Trinajstić information content (AvgIpc) is 2.83. The van der Waals surface area contributed by atoms with Crippen LogP contribution in [-0.4, -0.2) is 36.9 Å². The number of hydrogen-bond acceptors (Lipinski definition) is 5. The predicted octanol–water partition coefficient (Wildman–Crippen LogP) is 3.67. The lowest BCUT2D eigenvalue weighted by Crippen LogP contribution is -2.36. The molecule has 1 atom stereocenters. The molecule has 1 heterocycles. The zero-order chi connectivity index (χ0) is 19.2. The molecule has 0 aromatic heterocycles. The Hall–Kier alpha value is -2.54. The smallest absolute Gasteiger partial charge is 0.344 e. The number of hydrogen-bond donors (Lipinski definition) is 0. The summed E-state index contributed by atoms with van der Waals surface area (Å²) in [6.07, 6.45) is 0.843. The molecule has 7 heteroatoms. The van der Waals surface area contributed by atoms with Crippen LogP contribution in [0.3, 0.4) is 0 Å². The lowest BCUT2D eigenvalue weighted by molar-refractivity contribution is -0.149. The molecule has 142 valence electrons. The zero-order valence-electron chi connectivity index (χ0n) is 14.9. The SMILES string of the molecule is C[C@@H]1CCN(C(=O)COC(=O)COc2ccccc2F)c2ccccc2S1. The minimum absolute atomic E-state index is 0.0340. The van der Waals surface area contributed by atoms with Crippen molar-refractivity contribution in [3.63, 3.8) is 0 Å². The van der Waals surface area contributed by atoms with Gasteiger partial charge in [0.1, 0.15) is 0 Å². The Morgan fingerprint density at radius 3 is 2.70 bits per heavy atom. The van der Waals surface area contributed by atoms with Gasteiger partial charge in [-0.3, -0.25) is 4.79 Å². The van der Waals surface area contributed by atoms with E-state index in [1.807, 2.05) is 24.3 Å². The molecule has 0 saturated carbocycles. The second-order valence-corrected chi connectivity index (χ2v) is 7.59. The van der Waals surface area contributed by atoms with Crippen LogP contribution in [0, 0.1) is 5.82 Å². The van der Waals surface area contributed by atoms with Gasteiger partial charge in [0.15, 0.2) is 24.8 Å². The van der Waals surface area contributed by atoms with Crippen LogP contribution in [0.4, 0.5) is 10.1 Å². The van der Waals surface area contributed by atoms with E-state index in [0.717, 1.165) is 17.0 Å². The number of amides is 1. The summed E-state index contributed by atoms with van der Waals surface area (Å²) >= 11 is 1.73. The van der Waals surface area contributed by atoms with Crippen LogP contribution in [0.25, 0.3) is 0 Å². The molecule has 2 aromatic carbocycles. The van der Waals surface area contributed by atoms with E-state index in [-0.39, 0.29) is 18.3 Å². The van der Waals surface area contributed by atoms with Crippen LogP contribution < -0.4 is 9.64 Å². The topological polar surface area (TPSA) is 55.8 Å². The molecule has 0 aliphatic carbocycles. The van der Waals surface area contributed by atoms with Gasteiger partial charge in [-0.1, -0.05) is 31.2 Å². The quantitative estimate of drug-likeness (QED) is 0.731. The van der Waals surface area contributed by atoms with Crippen LogP contribution in [0.5, 0.6) is 5.75 Å². The number of para-hydroxylation sites is 2. The summed E-state index contributed by atoms with van der Waals surface area (Å²) in [5, 5.41) is 0.390. The third kappa shape index (κ3) is 5.01. The van der Waals surface area contributed by atoms with Gasteiger partial charge in [-0.2, -0.15) is 0 Å². The van der Waals surface area contributed by atoms with Gasteiger partial charge in [0.25, 0.3) is 5.91 Å². The zero-order valence-corrected chi connectivity index (χ0v) is 15.7. The summed E-state index contributed by atoms with van der Waals surface area (Å²) in [4.78, 5) is 27.1. The van der Waals surface area contributed by atoms with Crippen LogP contribution in [0.1, 0.15) is 13.3 Å². The predicted molar refractivity (Wildman–Crippen MR) is 102 cm³/mol. The average molecular weight is 389 g/mol. The maximum absolute atomic E-state index is 13.5. The number of benzene rings is 2. The first-order valence-electron chi connectivity index (χ1n) is 8.63. The van der Waals surface area contributed by atoms with Crippen LogP contribution in [-0.2, 0) is 14.3 Å². The first-order chi connectivity index (χ1) is 13.0. The van der Waals surface area contributed by atoms with Crippen molar-refractivity contribution in [2.24, 2.45) is 0 Å². The monoisotopic (exact) mass is 389 g/mol. The molecule has 0 unspecified atom stereocenters. The van der Waals surface area contributed by atoms with Crippen LogP contribution in [0.2, 0.25) is 0 Å². The van der Waals surface area contributed by atoms with Gasteiger partial charge in [-0.15, -0.1) is 11.8 Å². The number of thioether (sulfide) groups is 1. The fourth-order valence-electron chi connectivity index (χ4n) is 2.71. The summed E-state index contributed by atoms with van der Waals surface area (Å²) in [6, 6.07) is 13.5. The molecule has 0 bridgehead atoms. The van der Waals surface area contributed by atoms with E-state index in [2.05, 4.69) is 6.92 Å². The molecular formula is C20H20FNO4S. The molecule has 0 saturated heterocycles. The number of fused-ring (bicyclic) bond motifs is 1. The molecule has 1 aliphatic rings. The van der Waals surface area contributed by atoms with Crippen LogP contribution in [0.15, 0.2) is 53.4 Å². The number of rotatable bonds is 5. The van der Waals surface area contributed by atoms with E-state index >= 15 is 0 Å². The van der Waals surface area contributed by atoms with Crippen molar-refractivity contribution in [2.75, 3.05) is 24.7 Å². The van der Waals surface area contributed by atoms with Gasteiger partial charge < -0.3 is 14.4 Å². The Balaban J connectivity index is 1.56. The van der Waals surface area contributed by atoms with Gasteiger partial charge in [-0.25, -0.2) is 9.18 Å². The molecule has 5 nitrogen and oxygen atoms in total. The Kier molecular flexibility index (Phi) is 6.34. The minimum Gasteiger partial charge on any atom is -0.479 e. The van der Waals surface area contributed by atoms with Gasteiger partial charge in [-0.05, 0) is 30.7 Å². The standard InChI is InChI=1S/C20H20FNO4S/c1-14-10-11-22(16-7-3-5-9-18(16)27-14)19(23)12-26-20(24)13-25-17-8-4-2-6-15(17)21/h2-9,14H,10-13H2,1H3/t14-/m1/s1. The van der Waals surface area contributed by atoms with Crippen molar-refractivity contribution in [1.82, 2.24) is 0 Å². The van der Waals surface area contributed by atoms with E-state index in [1.165, 1.54) is 18.2 Å². The van der Waals surface area contributed by atoms with Crippen molar-refractivity contribution in [2.45, 2.75) is 23.5 Å². The van der Waals surface area contributed by atoms with Gasteiger partial charge in [0.2, 0.25) is 0 Å². The molecule has 27 heavy (non-hydrogen) atoms. The van der Waals surface area contributed by atoms with E-state index < -0.39 is 18.4 Å². The normalized spacial score (nSPS) is 16.2. The Bertz CT molecular complexity index is 829. The first kappa shape index (κ1) is 19.2. The number of esters is 1. The number of carbonyl (C=O) groups excluding carboxylic acids is 2. The first-order valence-corrected chi connectivity index (χ1v) is 9.51. The molecule has 1 aliphatic heterocycles. The third-order valence-electron chi connectivity index (χ3n) is 4.08. The van der Waals surface area contributed by atoms with E-state index in [0.29, 0.717) is 11.8 Å². The maximum atomic E-state index is 13.5. The number of ether oxygens (including phenoxy) is 2. The minimum atomic E-state index is -0.725. The maximum Gasteiger partial charge on any atom is 0.344 e. The number of anilines is 1. The summed E-state index contributed by atoms with van der Waals surface area (Å²) in [5.41, 5.74) is 0.829. The lowest BCUT2D eigenvalue weighted by Gasteiger charge is -2.22. The molecule has 3 rings (SSSR count). The highest BCUT2D eigenvalue weighted by molar-refractivity contribution is 8.00. The largest absolute Gasteiger partial charge is 0.479 e. The van der Waals surface area contributed by atoms with E-state index in [4.69, 9.17) is 9.47 Å². The second kappa shape index (κ2) is 8.90. The molecule has 0 spiro atoms. The lowest BCUT2D eigenvalue weighted by atomic mass is 10.2. The second-order valence-electron chi connectivity index (χ2n) is 6.11. The molecule has 0 fully saturated rings. The van der Waals surface area contributed by atoms with Gasteiger partial charge in [0, 0.05) is 16.7 Å².